The first-order chi connectivity index (χ1) is 9.85. The average Bonchev–Trinajstić information content (AvgIpc) is 2.83. The van der Waals surface area contributed by atoms with Gasteiger partial charge in [-0.1, -0.05) is 12.1 Å². The fraction of sp³-hybridized carbons (Fsp3) is 0.385. The Kier molecular flexibility index (Phi) is 5.13. The number of rotatable bonds is 6. The molecule has 1 heterocycles. The number of nitrogens with one attached hydrogen (secondary N) is 1. The van der Waals surface area contributed by atoms with Gasteiger partial charge < -0.3 is 9.73 Å². The van der Waals surface area contributed by atoms with Crippen LogP contribution in [-0.2, 0) is 16.4 Å². The van der Waals surface area contributed by atoms with Gasteiger partial charge in [-0.15, -0.1) is 10.2 Å². The molecule has 0 amide bonds. The maximum Gasteiger partial charge on any atom is 0.248 e. The monoisotopic (exact) mass is 373 g/mol. The van der Waals surface area contributed by atoms with Crippen LogP contribution in [0.1, 0.15) is 12.8 Å². The minimum atomic E-state index is -3.01. The van der Waals surface area contributed by atoms with Crippen LogP contribution < -0.4 is 5.32 Å². The third kappa shape index (κ3) is 4.90. The molecule has 2 aromatic rings. The molecule has 0 aliphatic heterocycles. The standard InChI is InChI=1S/C13H16BrN3O3S/c1-9(8-21(2,18)19)15-7-12-16-17-13(20-12)10-5-3-4-6-11(10)14/h3-6,9,15H,7-8H2,1-2H3. The molecular formula is C13H16BrN3O3S. The highest BCUT2D eigenvalue weighted by Crippen LogP contribution is 2.26. The van der Waals surface area contributed by atoms with Crippen molar-refractivity contribution in [3.8, 4) is 11.5 Å². The lowest BCUT2D eigenvalue weighted by molar-refractivity contribution is 0.457. The zero-order valence-corrected chi connectivity index (χ0v) is 14.1. The van der Waals surface area contributed by atoms with Crippen LogP contribution in [0.15, 0.2) is 33.2 Å². The molecule has 0 fully saturated rings. The Labute approximate surface area is 132 Å². The molecule has 0 aliphatic carbocycles. The Morgan fingerprint density at radius 3 is 2.71 bits per heavy atom. The Balaban J connectivity index is 2.00. The molecule has 0 aliphatic rings. The van der Waals surface area contributed by atoms with Gasteiger partial charge in [-0.05, 0) is 35.0 Å². The second-order valence-electron chi connectivity index (χ2n) is 4.86. The third-order valence-corrected chi connectivity index (χ3v) is 4.52. The first-order valence-corrected chi connectivity index (χ1v) is 9.19. The summed E-state index contributed by atoms with van der Waals surface area (Å²) in [6.45, 7) is 2.13. The van der Waals surface area contributed by atoms with E-state index in [0.29, 0.717) is 18.3 Å². The van der Waals surface area contributed by atoms with E-state index in [1.807, 2.05) is 24.3 Å². The SMILES string of the molecule is CC(CS(C)(=O)=O)NCc1nnc(-c2ccccc2Br)o1. The Morgan fingerprint density at radius 1 is 1.33 bits per heavy atom. The molecule has 0 saturated heterocycles. The van der Waals surface area contributed by atoms with Gasteiger partial charge in [-0.2, -0.15) is 0 Å². The molecule has 2 rings (SSSR count). The average molecular weight is 374 g/mol. The summed E-state index contributed by atoms with van der Waals surface area (Å²) in [5, 5.41) is 11.0. The van der Waals surface area contributed by atoms with Crippen molar-refractivity contribution in [1.82, 2.24) is 15.5 Å². The number of aromatic nitrogens is 2. The lowest BCUT2D eigenvalue weighted by Crippen LogP contribution is -2.32. The molecule has 1 unspecified atom stereocenters. The van der Waals surface area contributed by atoms with Crippen molar-refractivity contribution in [2.45, 2.75) is 19.5 Å². The lowest BCUT2D eigenvalue weighted by atomic mass is 10.2. The number of hydrogen-bond donors (Lipinski definition) is 1. The van der Waals surface area contributed by atoms with Crippen molar-refractivity contribution >= 4 is 25.8 Å². The van der Waals surface area contributed by atoms with Crippen molar-refractivity contribution in [2.24, 2.45) is 0 Å². The number of nitrogens with zero attached hydrogens (tertiary/aromatic N) is 2. The van der Waals surface area contributed by atoms with Gasteiger partial charge in [0.2, 0.25) is 11.8 Å². The van der Waals surface area contributed by atoms with E-state index < -0.39 is 9.84 Å². The maximum absolute atomic E-state index is 11.2. The Hall–Kier alpha value is -1.25. The molecule has 1 aromatic heterocycles. The predicted octanol–water partition coefficient (Wildman–Crippen LogP) is 2.02. The summed E-state index contributed by atoms with van der Waals surface area (Å²) < 4.78 is 28.8. The zero-order chi connectivity index (χ0) is 15.5. The van der Waals surface area contributed by atoms with Crippen molar-refractivity contribution in [3.63, 3.8) is 0 Å². The molecule has 21 heavy (non-hydrogen) atoms. The molecule has 0 spiro atoms. The zero-order valence-electron chi connectivity index (χ0n) is 11.7. The molecule has 1 N–H and O–H groups in total. The Bertz CT molecular complexity index is 715. The van der Waals surface area contributed by atoms with Crippen molar-refractivity contribution in [1.29, 1.82) is 0 Å². The number of hydrogen-bond acceptors (Lipinski definition) is 6. The topological polar surface area (TPSA) is 85.1 Å². The first-order valence-electron chi connectivity index (χ1n) is 6.33. The summed E-state index contributed by atoms with van der Waals surface area (Å²) in [6, 6.07) is 7.38. The van der Waals surface area contributed by atoms with Crippen molar-refractivity contribution < 1.29 is 12.8 Å². The smallest absolute Gasteiger partial charge is 0.248 e. The van der Waals surface area contributed by atoms with Gasteiger partial charge in [-0.3, -0.25) is 0 Å². The maximum atomic E-state index is 11.2. The van der Waals surface area contributed by atoms with Crippen LogP contribution in [0.4, 0.5) is 0 Å². The van der Waals surface area contributed by atoms with E-state index in [4.69, 9.17) is 4.42 Å². The minimum absolute atomic E-state index is 0.0677. The third-order valence-electron chi connectivity index (χ3n) is 2.73. The number of benzene rings is 1. The van der Waals surface area contributed by atoms with Gasteiger partial charge in [0.05, 0.1) is 17.9 Å². The van der Waals surface area contributed by atoms with Crippen LogP contribution in [-0.4, -0.2) is 36.7 Å². The number of halogens is 1. The van der Waals surface area contributed by atoms with Crippen LogP contribution in [0.2, 0.25) is 0 Å². The molecule has 6 nitrogen and oxygen atoms in total. The highest BCUT2D eigenvalue weighted by atomic mass is 79.9. The van der Waals surface area contributed by atoms with Gasteiger partial charge in [0.25, 0.3) is 0 Å². The van der Waals surface area contributed by atoms with Crippen LogP contribution >= 0.6 is 15.9 Å². The van der Waals surface area contributed by atoms with Crippen LogP contribution in [0.3, 0.4) is 0 Å². The summed E-state index contributed by atoms with van der Waals surface area (Å²) in [5.74, 6) is 0.911. The molecule has 8 heteroatoms. The van der Waals surface area contributed by atoms with E-state index in [9.17, 15) is 8.42 Å². The fourth-order valence-electron chi connectivity index (χ4n) is 1.84. The minimum Gasteiger partial charge on any atom is -0.419 e. The largest absolute Gasteiger partial charge is 0.419 e. The first kappa shape index (κ1) is 16.1. The molecule has 114 valence electrons. The summed E-state index contributed by atoms with van der Waals surface area (Å²) in [7, 11) is -3.01. The summed E-state index contributed by atoms with van der Waals surface area (Å²) in [4.78, 5) is 0. The van der Waals surface area contributed by atoms with Crippen molar-refractivity contribution in [3.05, 3.63) is 34.6 Å². The molecule has 0 saturated carbocycles. The van der Waals surface area contributed by atoms with Crippen LogP contribution in [0.5, 0.6) is 0 Å². The fourth-order valence-corrected chi connectivity index (χ4v) is 3.32. The van der Waals surface area contributed by atoms with E-state index in [2.05, 4.69) is 31.4 Å². The number of sulfone groups is 1. The van der Waals surface area contributed by atoms with E-state index in [-0.39, 0.29) is 11.8 Å². The van der Waals surface area contributed by atoms with E-state index in [1.165, 1.54) is 6.26 Å². The highest BCUT2D eigenvalue weighted by Gasteiger charge is 2.13. The highest BCUT2D eigenvalue weighted by molar-refractivity contribution is 9.10. The van der Waals surface area contributed by atoms with Crippen LogP contribution in [0.25, 0.3) is 11.5 Å². The van der Waals surface area contributed by atoms with Gasteiger partial charge in [0.1, 0.15) is 9.84 Å². The van der Waals surface area contributed by atoms with E-state index >= 15 is 0 Å². The quantitative estimate of drug-likeness (QED) is 0.833. The van der Waals surface area contributed by atoms with E-state index in [1.54, 1.807) is 6.92 Å². The second-order valence-corrected chi connectivity index (χ2v) is 7.89. The molecule has 0 radical (unpaired) electrons. The van der Waals surface area contributed by atoms with Gasteiger partial charge in [0.15, 0.2) is 0 Å². The summed E-state index contributed by atoms with van der Waals surface area (Å²) in [5.41, 5.74) is 0.820. The Morgan fingerprint density at radius 2 is 2.05 bits per heavy atom. The van der Waals surface area contributed by atoms with Gasteiger partial charge >= 0.3 is 0 Å². The van der Waals surface area contributed by atoms with Crippen LogP contribution in [0, 0.1) is 0 Å². The molecule has 1 atom stereocenters. The second kappa shape index (κ2) is 6.67. The van der Waals surface area contributed by atoms with Gasteiger partial charge in [0, 0.05) is 16.8 Å². The summed E-state index contributed by atoms with van der Waals surface area (Å²) >= 11 is 3.43. The van der Waals surface area contributed by atoms with Gasteiger partial charge in [-0.25, -0.2) is 8.42 Å². The normalized spacial score (nSPS) is 13.3. The molecule has 1 aromatic carbocycles. The molecule has 0 bridgehead atoms. The van der Waals surface area contributed by atoms with Crippen molar-refractivity contribution in [2.75, 3.05) is 12.0 Å². The predicted molar refractivity (Wildman–Crippen MR) is 83.4 cm³/mol. The molecular weight excluding hydrogens is 358 g/mol. The lowest BCUT2D eigenvalue weighted by Gasteiger charge is -2.10. The van der Waals surface area contributed by atoms with E-state index in [0.717, 1.165) is 10.0 Å². The summed E-state index contributed by atoms with van der Waals surface area (Å²) in [6.07, 6.45) is 1.21.